The average molecular weight is 358 g/mol. The molecule has 130 valence electrons. The molecule has 2 aromatic rings. The Kier molecular flexibility index (Phi) is 5.24. The van der Waals surface area contributed by atoms with Crippen LogP contribution < -0.4 is 15.5 Å². The zero-order valence-corrected chi connectivity index (χ0v) is 14.8. The number of rotatable bonds is 3. The summed E-state index contributed by atoms with van der Waals surface area (Å²) in [7, 11) is 0. The van der Waals surface area contributed by atoms with Crippen LogP contribution in [0.5, 0.6) is 0 Å². The molecule has 1 aliphatic rings. The highest BCUT2D eigenvalue weighted by molar-refractivity contribution is 6.43. The Bertz CT molecular complexity index is 784. The van der Waals surface area contributed by atoms with Crippen molar-refractivity contribution in [2.45, 2.75) is 19.8 Å². The molecule has 25 heavy (non-hydrogen) atoms. The van der Waals surface area contributed by atoms with Gasteiger partial charge in [-0.05, 0) is 67.8 Å². The number of benzene rings is 2. The minimum absolute atomic E-state index is 0.564. The third kappa shape index (κ3) is 4.31. The lowest BCUT2D eigenvalue weighted by Gasteiger charge is -2.17. The summed E-state index contributed by atoms with van der Waals surface area (Å²) in [5.74, 6) is -1.42. The van der Waals surface area contributed by atoms with E-state index in [4.69, 9.17) is 11.6 Å². The van der Waals surface area contributed by atoms with Gasteiger partial charge in [0.15, 0.2) is 0 Å². The lowest BCUT2D eigenvalue weighted by Crippen LogP contribution is -2.29. The van der Waals surface area contributed by atoms with Crippen molar-refractivity contribution in [2.24, 2.45) is 0 Å². The van der Waals surface area contributed by atoms with E-state index in [0.29, 0.717) is 16.4 Å². The van der Waals surface area contributed by atoms with Gasteiger partial charge in [0.1, 0.15) is 0 Å². The van der Waals surface area contributed by atoms with Gasteiger partial charge in [-0.2, -0.15) is 0 Å². The standard InChI is InChI=1S/C19H20ClN3O2/c1-13-12-14(20)4-9-17(13)22-19(25)18(24)21-15-5-7-16(8-6-15)23-10-2-3-11-23/h4-9,12H,2-3,10-11H2,1H3,(H,21,24)(H,22,25). The predicted molar refractivity (Wildman–Crippen MR) is 101 cm³/mol. The van der Waals surface area contributed by atoms with E-state index in [1.54, 1.807) is 18.2 Å². The average Bonchev–Trinajstić information content (AvgIpc) is 3.12. The van der Waals surface area contributed by atoms with E-state index < -0.39 is 11.8 Å². The smallest absolute Gasteiger partial charge is 0.314 e. The first-order valence-corrected chi connectivity index (χ1v) is 8.64. The second-order valence-electron chi connectivity index (χ2n) is 6.11. The maximum absolute atomic E-state index is 12.1. The second-order valence-corrected chi connectivity index (χ2v) is 6.54. The molecule has 2 N–H and O–H groups in total. The molecule has 1 heterocycles. The van der Waals surface area contributed by atoms with Gasteiger partial charge in [0.2, 0.25) is 0 Å². The third-order valence-electron chi connectivity index (χ3n) is 4.24. The number of hydrogen-bond donors (Lipinski definition) is 2. The Morgan fingerprint density at radius 1 is 0.960 bits per heavy atom. The summed E-state index contributed by atoms with van der Waals surface area (Å²) in [6.07, 6.45) is 2.42. The molecule has 2 amide bonds. The lowest BCUT2D eigenvalue weighted by molar-refractivity contribution is -0.133. The minimum atomic E-state index is -0.714. The summed E-state index contributed by atoms with van der Waals surface area (Å²) >= 11 is 5.89. The molecule has 0 bridgehead atoms. The fraction of sp³-hybridized carbons (Fsp3) is 0.263. The molecule has 6 heteroatoms. The summed E-state index contributed by atoms with van der Waals surface area (Å²) in [5, 5.41) is 5.79. The molecule has 3 rings (SSSR count). The lowest BCUT2D eigenvalue weighted by atomic mass is 10.2. The monoisotopic (exact) mass is 357 g/mol. The molecule has 0 radical (unpaired) electrons. The first kappa shape index (κ1) is 17.3. The maximum Gasteiger partial charge on any atom is 0.314 e. The maximum atomic E-state index is 12.1. The van der Waals surface area contributed by atoms with E-state index in [9.17, 15) is 9.59 Å². The molecular weight excluding hydrogens is 338 g/mol. The van der Waals surface area contributed by atoms with Crippen LogP contribution in [-0.2, 0) is 9.59 Å². The number of anilines is 3. The molecule has 0 aromatic heterocycles. The van der Waals surface area contributed by atoms with Crippen LogP contribution in [-0.4, -0.2) is 24.9 Å². The molecule has 0 unspecified atom stereocenters. The number of hydrogen-bond acceptors (Lipinski definition) is 3. The van der Waals surface area contributed by atoms with E-state index in [1.807, 2.05) is 31.2 Å². The summed E-state index contributed by atoms with van der Waals surface area (Å²) in [4.78, 5) is 26.4. The number of nitrogens with zero attached hydrogens (tertiary/aromatic N) is 1. The zero-order valence-electron chi connectivity index (χ0n) is 14.0. The second kappa shape index (κ2) is 7.57. The minimum Gasteiger partial charge on any atom is -0.372 e. The van der Waals surface area contributed by atoms with E-state index in [1.165, 1.54) is 12.8 Å². The predicted octanol–water partition coefficient (Wildman–Crippen LogP) is 3.83. The van der Waals surface area contributed by atoms with Crippen LogP contribution >= 0.6 is 11.6 Å². The van der Waals surface area contributed by atoms with Crippen LogP contribution in [0.4, 0.5) is 17.1 Å². The van der Waals surface area contributed by atoms with Crippen molar-refractivity contribution in [2.75, 3.05) is 28.6 Å². The van der Waals surface area contributed by atoms with Crippen molar-refractivity contribution < 1.29 is 9.59 Å². The van der Waals surface area contributed by atoms with Gasteiger partial charge >= 0.3 is 11.8 Å². The Balaban J connectivity index is 1.60. The van der Waals surface area contributed by atoms with E-state index in [2.05, 4.69) is 15.5 Å². The van der Waals surface area contributed by atoms with Crippen LogP contribution in [0.3, 0.4) is 0 Å². The molecule has 5 nitrogen and oxygen atoms in total. The number of nitrogens with one attached hydrogen (secondary N) is 2. The van der Waals surface area contributed by atoms with Gasteiger partial charge in [-0.1, -0.05) is 11.6 Å². The van der Waals surface area contributed by atoms with Gasteiger partial charge in [0.05, 0.1) is 0 Å². The molecule has 0 saturated carbocycles. The molecular formula is C19H20ClN3O2. The van der Waals surface area contributed by atoms with E-state index >= 15 is 0 Å². The van der Waals surface area contributed by atoms with Crippen molar-refractivity contribution in [3.63, 3.8) is 0 Å². The third-order valence-corrected chi connectivity index (χ3v) is 4.47. The number of halogens is 1. The van der Waals surface area contributed by atoms with Gasteiger partial charge < -0.3 is 15.5 Å². The summed E-state index contributed by atoms with van der Waals surface area (Å²) in [6.45, 7) is 3.94. The first-order chi connectivity index (χ1) is 12.0. The van der Waals surface area contributed by atoms with Crippen molar-refractivity contribution in [1.29, 1.82) is 0 Å². The van der Waals surface area contributed by atoms with E-state index in [0.717, 1.165) is 24.3 Å². The Morgan fingerprint density at radius 2 is 1.60 bits per heavy atom. The first-order valence-electron chi connectivity index (χ1n) is 8.26. The van der Waals surface area contributed by atoms with Gasteiger partial charge in [-0.3, -0.25) is 9.59 Å². The summed E-state index contributed by atoms with van der Waals surface area (Å²) < 4.78 is 0. The number of amides is 2. The summed E-state index contributed by atoms with van der Waals surface area (Å²) in [5.41, 5.74) is 3.09. The van der Waals surface area contributed by atoms with Crippen LogP contribution in [0.25, 0.3) is 0 Å². The van der Waals surface area contributed by atoms with Crippen molar-refractivity contribution in [3.8, 4) is 0 Å². The molecule has 1 fully saturated rings. The molecule has 1 saturated heterocycles. The van der Waals surface area contributed by atoms with Crippen molar-refractivity contribution >= 4 is 40.5 Å². The normalized spacial score (nSPS) is 13.6. The SMILES string of the molecule is Cc1cc(Cl)ccc1NC(=O)C(=O)Nc1ccc(N2CCCC2)cc1. The number of aryl methyl sites for hydroxylation is 1. The number of carbonyl (C=O) groups excluding carboxylic acids is 2. The Morgan fingerprint density at radius 3 is 2.24 bits per heavy atom. The van der Waals surface area contributed by atoms with Gasteiger partial charge in [-0.25, -0.2) is 0 Å². The van der Waals surface area contributed by atoms with Crippen LogP contribution in [0.1, 0.15) is 18.4 Å². The van der Waals surface area contributed by atoms with Crippen LogP contribution in [0.2, 0.25) is 5.02 Å². The molecule has 1 aliphatic heterocycles. The molecule has 0 atom stereocenters. The highest BCUT2D eigenvalue weighted by Crippen LogP contribution is 2.22. The fourth-order valence-electron chi connectivity index (χ4n) is 2.87. The molecule has 2 aromatic carbocycles. The number of carbonyl (C=O) groups is 2. The van der Waals surface area contributed by atoms with Crippen LogP contribution in [0.15, 0.2) is 42.5 Å². The Labute approximate surface area is 152 Å². The topological polar surface area (TPSA) is 61.4 Å². The zero-order chi connectivity index (χ0) is 17.8. The molecule has 0 aliphatic carbocycles. The summed E-state index contributed by atoms with van der Waals surface area (Å²) in [6, 6.07) is 12.6. The highest BCUT2D eigenvalue weighted by Gasteiger charge is 2.16. The van der Waals surface area contributed by atoms with Crippen molar-refractivity contribution in [1.82, 2.24) is 0 Å². The van der Waals surface area contributed by atoms with Crippen LogP contribution in [0, 0.1) is 6.92 Å². The van der Waals surface area contributed by atoms with Gasteiger partial charge in [0.25, 0.3) is 0 Å². The quantitative estimate of drug-likeness (QED) is 0.821. The van der Waals surface area contributed by atoms with Gasteiger partial charge in [-0.15, -0.1) is 0 Å². The van der Waals surface area contributed by atoms with Crippen molar-refractivity contribution in [3.05, 3.63) is 53.1 Å². The van der Waals surface area contributed by atoms with E-state index in [-0.39, 0.29) is 0 Å². The van der Waals surface area contributed by atoms with Gasteiger partial charge in [0, 0.05) is 35.2 Å². The highest BCUT2D eigenvalue weighted by atomic mass is 35.5. The largest absolute Gasteiger partial charge is 0.372 e. The molecule has 0 spiro atoms. The Hall–Kier alpha value is -2.53. The fourth-order valence-corrected chi connectivity index (χ4v) is 3.09.